The summed E-state index contributed by atoms with van der Waals surface area (Å²) < 4.78 is 53.1. The van der Waals surface area contributed by atoms with Gasteiger partial charge in [0.15, 0.2) is 5.82 Å². The third-order valence-corrected chi connectivity index (χ3v) is 11.7. The van der Waals surface area contributed by atoms with E-state index in [2.05, 4.69) is 25.8 Å². The van der Waals surface area contributed by atoms with Gasteiger partial charge < -0.3 is 28.0 Å². The molecule has 57 heavy (non-hydrogen) atoms. The molecule has 1 saturated heterocycles. The van der Waals surface area contributed by atoms with Crippen molar-refractivity contribution in [2.24, 2.45) is 0 Å². The lowest BCUT2D eigenvalue weighted by molar-refractivity contribution is -0.0925. The zero-order valence-electron chi connectivity index (χ0n) is 34.3. The first-order valence-corrected chi connectivity index (χ1v) is 19.9. The maximum Gasteiger partial charge on any atom is 0.351 e. The Kier molecular flexibility index (Phi) is 13.4. The van der Waals surface area contributed by atoms with E-state index in [1.165, 1.54) is 21.9 Å². The summed E-state index contributed by atoms with van der Waals surface area (Å²) in [6.07, 6.45) is 0.703. The second kappa shape index (κ2) is 19.0. The van der Waals surface area contributed by atoms with Crippen LogP contribution in [0, 0.1) is 18.3 Å². The molecule has 5 aromatic rings. The summed E-state index contributed by atoms with van der Waals surface area (Å²) in [4.78, 5) is 22.1. The SMILES string of the molecule is [2H][C@]1(OP(OCCC#N)N(C(C)C)C(C)C)C[C@H](n2cc(C)c(-n3cncn3)nc2=O)O[C@@H]1COC(c1ccccc1)(c1ccc(OC)cc1)c1ccc(OC)cc1. The minimum absolute atomic E-state index is 0.0284. The van der Waals surface area contributed by atoms with E-state index in [1.54, 1.807) is 20.4 Å². The van der Waals surface area contributed by atoms with Crippen LogP contribution >= 0.6 is 8.53 Å². The normalized spacial score (nSPS) is 19.1. The van der Waals surface area contributed by atoms with E-state index < -0.39 is 38.2 Å². The van der Waals surface area contributed by atoms with Crippen LogP contribution in [0.5, 0.6) is 11.5 Å². The fourth-order valence-corrected chi connectivity index (χ4v) is 8.66. The molecule has 0 spiro atoms. The van der Waals surface area contributed by atoms with Crippen LogP contribution in [0.3, 0.4) is 0 Å². The number of benzene rings is 3. The first kappa shape index (κ1) is 40.2. The monoisotopic (exact) mass is 796 g/mol. The van der Waals surface area contributed by atoms with E-state index in [4.69, 9.17) is 28.0 Å². The van der Waals surface area contributed by atoms with Gasteiger partial charge in [0.2, 0.25) is 0 Å². The van der Waals surface area contributed by atoms with E-state index in [9.17, 15) is 11.4 Å². The zero-order chi connectivity index (χ0) is 41.5. The van der Waals surface area contributed by atoms with E-state index >= 15 is 0 Å². The number of nitriles is 1. The van der Waals surface area contributed by atoms with Crippen molar-refractivity contribution in [2.75, 3.05) is 27.4 Å². The van der Waals surface area contributed by atoms with Crippen LogP contribution in [-0.4, -0.2) is 80.7 Å². The number of hydrogen-bond acceptors (Lipinski definition) is 12. The molecule has 0 radical (unpaired) electrons. The van der Waals surface area contributed by atoms with Crippen molar-refractivity contribution < 1.29 is 29.4 Å². The standard InChI is InChI=1S/C42H50N7O7P/c1-29(2)49(30(3)4)57(54-23-11-22-43)56-37-24-39(47-25-31(5)40(46-41(47)50)48-28-44-27-45-48)55-38(37)26-53-42(32-12-9-8-10-13-32,33-14-18-35(51-6)19-15-33)34-16-20-36(52-7)21-17-34/h8-10,12-21,25,27-30,37-39H,11,23-24,26H2,1-7H3/t37-,38+,39+,57?/m0/s1/i37D. The fraction of sp³-hybridized carbons (Fsp3) is 0.405. The summed E-state index contributed by atoms with van der Waals surface area (Å²) in [6, 6.07) is 27.2. The molecule has 300 valence electrons. The van der Waals surface area contributed by atoms with Gasteiger partial charge in [-0.25, -0.2) is 19.1 Å². The molecule has 15 heteroatoms. The van der Waals surface area contributed by atoms with Crippen molar-refractivity contribution >= 4 is 8.53 Å². The van der Waals surface area contributed by atoms with Crippen LogP contribution in [-0.2, 0) is 24.1 Å². The number of nitrogens with zero attached hydrogens (tertiary/aromatic N) is 7. The maximum atomic E-state index is 13.7. The Morgan fingerprint density at radius 3 is 2.14 bits per heavy atom. The van der Waals surface area contributed by atoms with E-state index in [0.29, 0.717) is 22.9 Å². The molecule has 0 amide bonds. The number of rotatable bonds is 18. The Morgan fingerprint density at radius 1 is 0.982 bits per heavy atom. The average Bonchev–Trinajstić information content (AvgIpc) is 3.87. The quantitative estimate of drug-likeness (QED) is 0.0506. The predicted octanol–water partition coefficient (Wildman–Crippen LogP) is 7.11. The average molecular weight is 797 g/mol. The molecular weight excluding hydrogens is 745 g/mol. The summed E-state index contributed by atoms with van der Waals surface area (Å²) in [5, 5.41) is 13.5. The molecule has 1 fully saturated rings. The molecule has 0 N–H and O–H groups in total. The Bertz CT molecular complexity index is 2130. The van der Waals surface area contributed by atoms with Crippen LogP contribution in [0.25, 0.3) is 5.82 Å². The largest absolute Gasteiger partial charge is 0.497 e. The molecule has 6 rings (SSSR count). The number of methoxy groups -OCH3 is 2. The lowest BCUT2D eigenvalue weighted by atomic mass is 9.80. The molecule has 0 saturated carbocycles. The first-order chi connectivity index (χ1) is 27.9. The summed E-state index contributed by atoms with van der Waals surface area (Å²) in [5.74, 6) is 1.68. The van der Waals surface area contributed by atoms with Crippen LogP contribution < -0.4 is 15.2 Å². The van der Waals surface area contributed by atoms with Crippen LogP contribution in [0.1, 0.15) is 70.4 Å². The van der Waals surface area contributed by atoms with Gasteiger partial charge in [0.1, 0.15) is 42.1 Å². The molecule has 3 heterocycles. The highest BCUT2D eigenvalue weighted by Crippen LogP contribution is 2.50. The van der Waals surface area contributed by atoms with Crippen LogP contribution in [0.15, 0.2) is 103 Å². The number of aryl methyl sites for hydroxylation is 1. The lowest BCUT2D eigenvalue weighted by Crippen LogP contribution is -2.39. The van der Waals surface area contributed by atoms with E-state index in [1.807, 2.05) is 113 Å². The Labute approximate surface area is 336 Å². The lowest BCUT2D eigenvalue weighted by Gasteiger charge is -2.39. The van der Waals surface area contributed by atoms with Gasteiger partial charge in [0, 0.05) is 30.3 Å². The highest BCUT2D eigenvalue weighted by molar-refractivity contribution is 7.44. The third-order valence-electron chi connectivity index (χ3n) is 9.59. The molecule has 4 atom stereocenters. The summed E-state index contributed by atoms with van der Waals surface area (Å²) in [5.41, 5.74) is 1.22. The molecule has 0 aliphatic carbocycles. The minimum Gasteiger partial charge on any atom is -0.497 e. The number of ether oxygens (including phenoxy) is 4. The minimum atomic E-state index is -1.90. The van der Waals surface area contributed by atoms with Gasteiger partial charge >= 0.3 is 5.69 Å². The van der Waals surface area contributed by atoms with Gasteiger partial charge in [-0.05, 0) is 75.6 Å². The second-order valence-electron chi connectivity index (χ2n) is 14.0. The van der Waals surface area contributed by atoms with Crippen molar-refractivity contribution in [1.82, 2.24) is 29.0 Å². The Hall–Kier alpha value is -5.00. The molecule has 1 aliphatic heterocycles. The molecular formula is C42H50N7O7P. The Morgan fingerprint density at radius 2 is 1.60 bits per heavy atom. The van der Waals surface area contributed by atoms with Crippen molar-refractivity contribution in [3.63, 3.8) is 0 Å². The second-order valence-corrected chi connectivity index (χ2v) is 15.4. The zero-order valence-corrected chi connectivity index (χ0v) is 34.2. The third kappa shape index (κ3) is 9.26. The molecule has 0 bridgehead atoms. The van der Waals surface area contributed by atoms with Crippen LogP contribution in [0.2, 0.25) is 0 Å². The van der Waals surface area contributed by atoms with Gasteiger partial charge in [0.05, 0.1) is 47.4 Å². The first-order valence-electron chi connectivity index (χ1n) is 19.3. The Balaban J connectivity index is 1.46. The molecule has 1 unspecified atom stereocenters. The molecule has 2 aromatic heterocycles. The van der Waals surface area contributed by atoms with Gasteiger partial charge in [-0.1, -0.05) is 54.6 Å². The predicted molar refractivity (Wildman–Crippen MR) is 215 cm³/mol. The fourth-order valence-electron chi connectivity index (χ4n) is 6.98. The maximum absolute atomic E-state index is 13.7. The molecule has 1 aliphatic rings. The van der Waals surface area contributed by atoms with E-state index in [0.717, 1.165) is 16.7 Å². The summed E-state index contributed by atoms with van der Waals surface area (Å²) in [7, 11) is 1.33. The van der Waals surface area contributed by atoms with Gasteiger partial charge in [-0.3, -0.25) is 4.57 Å². The summed E-state index contributed by atoms with van der Waals surface area (Å²) in [6.45, 7) is 9.87. The molecule has 3 aromatic carbocycles. The van der Waals surface area contributed by atoms with Gasteiger partial charge in [-0.2, -0.15) is 15.3 Å². The van der Waals surface area contributed by atoms with Crippen LogP contribution in [0.4, 0.5) is 0 Å². The smallest absolute Gasteiger partial charge is 0.351 e. The number of hydrogen-bond donors (Lipinski definition) is 0. The van der Waals surface area contributed by atoms with Gasteiger partial charge in [-0.15, -0.1) is 0 Å². The van der Waals surface area contributed by atoms with Crippen molar-refractivity contribution in [3.05, 3.63) is 130 Å². The highest BCUT2D eigenvalue weighted by atomic mass is 31.2. The summed E-state index contributed by atoms with van der Waals surface area (Å²) >= 11 is 0. The molecule has 14 nitrogen and oxygen atoms in total. The van der Waals surface area contributed by atoms with Crippen molar-refractivity contribution in [2.45, 2.75) is 83.6 Å². The van der Waals surface area contributed by atoms with E-state index in [-0.39, 0.29) is 38.1 Å². The van der Waals surface area contributed by atoms with Crippen molar-refractivity contribution in [1.29, 1.82) is 5.26 Å². The highest BCUT2D eigenvalue weighted by Gasteiger charge is 2.45. The topological polar surface area (TPSA) is 148 Å². The van der Waals surface area contributed by atoms with Crippen molar-refractivity contribution in [3.8, 4) is 23.4 Å². The van der Waals surface area contributed by atoms with Gasteiger partial charge in [0.25, 0.3) is 8.53 Å². The number of aromatic nitrogens is 5.